The molecule has 0 saturated heterocycles. The second-order valence-corrected chi connectivity index (χ2v) is 6.88. The van der Waals surface area contributed by atoms with E-state index in [4.69, 9.17) is 0 Å². The van der Waals surface area contributed by atoms with Crippen molar-refractivity contribution in [3.8, 4) is 11.1 Å². The van der Waals surface area contributed by atoms with Gasteiger partial charge in [0, 0.05) is 18.4 Å². The molecule has 0 radical (unpaired) electrons. The molecule has 0 aliphatic rings. The van der Waals surface area contributed by atoms with Crippen molar-refractivity contribution in [3.63, 3.8) is 0 Å². The van der Waals surface area contributed by atoms with Crippen LogP contribution in [0.4, 0.5) is 0 Å². The molecule has 7 heteroatoms. The first-order valence-electron chi connectivity index (χ1n) is 9.21. The Labute approximate surface area is 192 Å². The van der Waals surface area contributed by atoms with Crippen molar-refractivity contribution in [1.82, 2.24) is 5.32 Å². The Balaban J connectivity index is 0.00000420. The van der Waals surface area contributed by atoms with Gasteiger partial charge in [-0.05, 0) is 36.0 Å². The minimum atomic E-state index is -1.29. The SMILES string of the molecule is C[C@H](CC(Cc1ccc(-c2ccccc2)cc1)NC(=O)CCC(=O)[O-])C(=O)O.[Na+]. The van der Waals surface area contributed by atoms with Crippen molar-refractivity contribution in [2.75, 3.05) is 0 Å². The molecule has 0 fully saturated rings. The summed E-state index contributed by atoms with van der Waals surface area (Å²) in [5.74, 6) is -3.28. The quantitative estimate of drug-likeness (QED) is 0.495. The normalized spacial score (nSPS) is 12.3. The third-order valence-electron chi connectivity index (χ3n) is 4.52. The first kappa shape index (κ1) is 24.9. The van der Waals surface area contributed by atoms with E-state index in [1.54, 1.807) is 6.92 Å². The summed E-state index contributed by atoms with van der Waals surface area (Å²) in [6.07, 6.45) is 0.169. The van der Waals surface area contributed by atoms with Crippen LogP contribution < -0.4 is 40.0 Å². The second kappa shape index (κ2) is 12.4. The van der Waals surface area contributed by atoms with Crippen LogP contribution in [0.2, 0.25) is 0 Å². The Morgan fingerprint density at radius 2 is 1.55 bits per heavy atom. The molecule has 2 aromatic rings. The molecule has 0 aliphatic heterocycles. The van der Waals surface area contributed by atoms with Crippen LogP contribution in [0.1, 0.15) is 31.7 Å². The Morgan fingerprint density at radius 1 is 0.966 bits per heavy atom. The van der Waals surface area contributed by atoms with Gasteiger partial charge in [-0.15, -0.1) is 0 Å². The molecule has 0 spiro atoms. The topological polar surface area (TPSA) is 107 Å². The summed E-state index contributed by atoms with van der Waals surface area (Å²) in [6, 6.07) is 17.4. The van der Waals surface area contributed by atoms with Gasteiger partial charge in [0.25, 0.3) is 0 Å². The van der Waals surface area contributed by atoms with E-state index in [1.165, 1.54) is 0 Å². The molecule has 2 N–H and O–H groups in total. The van der Waals surface area contributed by atoms with Crippen LogP contribution in [0.15, 0.2) is 54.6 Å². The van der Waals surface area contributed by atoms with E-state index in [0.29, 0.717) is 6.42 Å². The van der Waals surface area contributed by atoms with Crippen LogP contribution >= 0.6 is 0 Å². The molecule has 0 aliphatic carbocycles. The molecule has 1 unspecified atom stereocenters. The number of aliphatic carboxylic acids is 2. The zero-order valence-corrected chi connectivity index (χ0v) is 18.8. The first-order valence-corrected chi connectivity index (χ1v) is 9.21. The number of nitrogens with one attached hydrogen (secondary N) is 1. The number of rotatable bonds is 10. The smallest absolute Gasteiger partial charge is 0.550 e. The molecule has 0 bridgehead atoms. The summed E-state index contributed by atoms with van der Waals surface area (Å²) in [6.45, 7) is 1.58. The fourth-order valence-electron chi connectivity index (χ4n) is 2.98. The van der Waals surface area contributed by atoms with Crippen LogP contribution in [0.25, 0.3) is 11.1 Å². The van der Waals surface area contributed by atoms with Gasteiger partial charge >= 0.3 is 35.5 Å². The average Bonchev–Trinajstić information content (AvgIpc) is 2.67. The molecule has 0 heterocycles. The molecule has 0 saturated carbocycles. The number of amides is 1. The predicted octanol–water partition coefficient (Wildman–Crippen LogP) is -0.974. The first-order chi connectivity index (χ1) is 13.3. The zero-order chi connectivity index (χ0) is 20.5. The molecule has 0 aromatic heterocycles. The minimum absolute atomic E-state index is 0. The third-order valence-corrected chi connectivity index (χ3v) is 4.52. The number of carboxylic acids is 2. The Bertz CT molecular complexity index is 808. The van der Waals surface area contributed by atoms with E-state index in [-0.39, 0.29) is 48.8 Å². The molecule has 148 valence electrons. The zero-order valence-electron chi connectivity index (χ0n) is 16.8. The summed E-state index contributed by atoms with van der Waals surface area (Å²) >= 11 is 0. The van der Waals surface area contributed by atoms with Gasteiger partial charge in [0.1, 0.15) is 0 Å². The van der Waals surface area contributed by atoms with Crippen molar-refractivity contribution in [1.29, 1.82) is 0 Å². The van der Waals surface area contributed by atoms with Crippen LogP contribution in [-0.4, -0.2) is 29.0 Å². The fraction of sp³-hybridized carbons (Fsp3) is 0.318. The summed E-state index contributed by atoms with van der Waals surface area (Å²) in [5.41, 5.74) is 3.13. The van der Waals surface area contributed by atoms with Crippen LogP contribution in [0.3, 0.4) is 0 Å². The largest absolute Gasteiger partial charge is 1.00 e. The molecule has 6 nitrogen and oxygen atoms in total. The van der Waals surface area contributed by atoms with Gasteiger partial charge in [-0.3, -0.25) is 9.59 Å². The summed E-state index contributed by atoms with van der Waals surface area (Å²) < 4.78 is 0. The van der Waals surface area contributed by atoms with Crippen molar-refractivity contribution in [2.45, 2.75) is 38.6 Å². The third kappa shape index (κ3) is 8.81. The van der Waals surface area contributed by atoms with Gasteiger partial charge < -0.3 is 20.3 Å². The number of hydrogen-bond donors (Lipinski definition) is 2. The Morgan fingerprint density at radius 3 is 2.10 bits per heavy atom. The molecule has 2 atom stereocenters. The van der Waals surface area contributed by atoms with Gasteiger partial charge in [-0.2, -0.15) is 0 Å². The summed E-state index contributed by atoms with van der Waals surface area (Å²) in [4.78, 5) is 33.7. The number of carboxylic acid groups (broad SMARTS) is 2. The maximum absolute atomic E-state index is 12.0. The standard InChI is InChI=1S/C22H25NO5.Na/c1-15(22(27)28)13-19(23-20(24)11-12-21(25)26)14-16-7-9-18(10-8-16)17-5-3-2-4-6-17;/h2-10,15,19H,11-14H2,1H3,(H,23,24)(H,25,26)(H,27,28);/q;+1/p-1/t15-,19?;/m1./s1. The van der Waals surface area contributed by atoms with E-state index in [2.05, 4.69) is 5.32 Å². The Kier molecular flexibility index (Phi) is 10.7. The van der Waals surface area contributed by atoms with E-state index < -0.39 is 29.8 Å². The maximum Gasteiger partial charge on any atom is 1.00 e. The van der Waals surface area contributed by atoms with Gasteiger partial charge in [0.2, 0.25) is 5.91 Å². The van der Waals surface area contributed by atoms with Crippen molar-refractivity contribution in [2.24, 2.45) is 5.92 Å². The van der Waals surface area contributed by atoms with Crippen LogP contribution in [0.5, 0.6) is 0 Å². The van der Waals surface area contributed by atoms with Crippen molar-refractivity contribution >= 4 is 17.8 Å². The molecule has 2 aromatic carbocycles. The number of carbonyl (C=O) groups is 3. The molecule has 1 amide bonds. The molecular formula is C22H24NNaO5. The predicted molar refractivity (Wildman–Crippen MR) is 103 cm³/mol. The van der Waals surface area contributed by atoms with Gasteiger partial charge in [0.15, 0.2) is 0 Å². The fourth-order valence-corrected chi connectivity index (χ4v) is 2.98. The van der Waals surface area contributed by atoms with Crippen LogP contribution in [0, 0.1) is 5.92 Å². The summed E-state index contributed by atoms with van der Waals surface area (Å²) in [7, 11) is 0. The van der Waals surface area contributed by atoms with Gasteiger partial charge in [0.05, 0.1) is 5.92 Å². The van der Waals surface area contributed by atoms with Gasteiger partial charge in [-0.1, -0.05) is 61.5 Å². The van der Waals surface area contributed by atoms with Crippen LogP contribution in [-0.2, 0) is 20.8 Å². The monoisotopic (exact) mass is 405 g/mol. The molecular weight excluding hydrogens is 381 g/mol. The number of benzene rings is 2. The number of carbonyl (C=O) groups excluding carboxylic acids is 2. The Hall–Kier alpha value is -2.15. The number of hydrogen-bond acceptors (Lipinski definition) is 4. The van der Waals surface area contributed by atoms with E-state index in [9.17, 15) is 24.6 Å². The van der Waals surface area contributed by atoms with Crippen molar-refractivity contribution < 1.29 is 54.2 Å². The van der Waals surface area contributed by atoms with E-state index in [0.717, 1.165) is 16.7 Å². The second-order valence-electron chi connectivity index (χ2n) is 6.88. The van der Waals surface area contributed by atoms with E-state index >= 15 is 0 Å². The van der Waals surface area contributed by atoms with E-state index in [1.807, 2.05) is 54.6 Å². The average molecular weight is 405 g/mol. The minimum Gasteiger partial charge on any atom is -0.550 e. The van der Waals surface area contributed by atoms with Crippen molar-refractivity contribution in [3.05, 3.63) is 60.2 Å². The summed E-state index contributed by atoms with van der Waals surface area (Å²) in [5, 5.41) is 22.5. The van der Waals surface area contributed by atoms with Gasteiger partial charge in [-0.25, -0.2) is 0 Å². The molecule has 2 rings (SSSR count). The maximum atomic E-state index is 12.0. The molecule has 29 heavy (non-hydrogen) atoms.